The van der Waals surface area contributed by atoms with Crippen LogP contribution in [0.5, 0.6) is 0 Å². The summed E-state index contributed by atoms with van der Waals surface area (Å²) in [5.41, 5.74) is 1.80. The molecule has 0 saturated heterocycles. The van der Waals surface area contributed by atoms with E-state index in [2.05, 4.69) is 4.98 Å². The third-order valence-electron chi connectivity index (χ3n) is 3.26. The largest absolute Gasteiger partial charge is 0.323 e. The number of anilines is 1. The predicted molar refractivity (Wildman–Crippen MR) is 74.1 cm³/mol. The van der Waals surface area contributed by atoms with Gasteiger partial charge in [-0.25, -0.2) is 13.8 Å². The van der Waals surface area contributed by atoms with E-state index in [1.807, 2.05) is 6.92 Å². The third kappa shape index (κ3) is 2.50. The fourth-order valence-corrected chi connectivity index (χ4v) is 2.15. The van der Waals surface area contributed by atoms with Crippen LogP contribution >= 0.6 is 0 Å². The smallest absolute Gasteiger partial charge is 0.295 e. The van der Waals surface area contributed by atoms with E-state index in [1.165, 1.54) is 16.4 Å². The summed E-state index contributed by atoms with van der Waals surface area (Å²) in [7, 11) is 1.64. The minimum Gasteiger partial charge on any atom is -0.323 e. The SMILES string of the molecule is CCCn1c(C(F)F)nc2cc(N(C)C(C)=O)ccc21. The van der Waals surface area contributed by atoms with Crippen molar-refractivity contribution in [3.05, 3.63) is 24.0 Å². The number of rotatable bonds is 4. The maximum absolute atomic E-state index is 13.0. The molecule has 1 amide bonds. The molecule has 1 aromatic heterocycles. The molecular weight excluding hydrogens is 264 g/mol. The second kappa shape index (κ2) is 5.56. The number of carbonyl (C=O) groups excluding carboxylic acids is 1. The van der Waals surface area contributed by atoms with Crippen LogP contribution in [0.15, 0.2) is 18.2 Å². The first-order chi connectivity index (χ1) is 9.45. The standard InChI is InChI=1S/C14H17F2N3O/c1-4-7-19-12-6-5-10(18(3)9(2)20)8-11(12)17-14(19)13(15)16/h5-6,8,13H,4,7H2,1-3H3. The van der Waals surface area contributed by atoms with Gasteiger partial charge in [0.1, 0.15) is 0 Å². The molecule has 0 radical (unpaired) electrons. The van der Waals surface area contributed by atoms with Crippen molar-refractivity contribution < 1.29 is 13.6 Å². The van der Waals surface area contributed by atoms with Gasteiger partial charge < -0.3 is 9.47 Å². The summed E-state index contributed by atoms with van der Waals surface area (Å²) in [6, 6.07) is 5.14. The van der Waals surface area contributed by atoms with Crippen molar-refractivity contribution in [2.45, 2.75) is 33.2 Å². The lowest BCUT2D eigenvalue weighted by atomic mass is 10.2. The van der Waals surface area contributed by atoms with Crippen LogP contribution in [0.2, 0.25) is 0 Å². The van der Waals surface area contributed by atoms with Crippen LogP contribution < -0.4 is 4.90 Å². The Balaban J connectivity index is 2.56. The molecule has 20 heavy (non-hydrogen) atoms. The first kappa shape index (κ1) is 14.4. The molecule has 0 aliphatic carbocycles. The number of aryl methyl sites for hydroxylation is 1. The van der Waals surface area contributed by atoms with Crippen molar-refractivity contribution >= 4 is 22.6 Å². The normalized spacial score (nSPS) is 11.3. The Bertz CT molecular complexity index is 637. The lowest BCUT2D eigenvalue weighted by Gasteiger charge is -2.14. The number of halogens is 2. The summed E-state index contributed by atoms with van der Waals surface area (Å²) in [6.45, 7) is 3.88. The van der Waals surface area contributed by atoms with E-state index in [4.69, 9.17) is 0 Å². The zero-order valence-corrected chi connectivity index (χ0v) is 11.7. The van der Waals surface area contributed by atoms with Crippen molar-refractivity contribution in [2.75, 3.05) is 11.9 Å². The number of aromatic nitrogens is 2. The Hall–Kier alpha value is -1.98. The number of hydrogen-bond donors (Lipinski definition) is 0. The molecule has 0 fully saturated rings. The Morgan fingerprint density at radius 3 is 2.70 bits per heavy atom. The van der Waals surface area contributed by atoms with Crippen LogP contribution in [-0.4, -0.2) is 22.5 Å². The summed E-state index contributed by atoms with van der Waals surface area (Å²) in [5.74, 6) is -0.337. The van der Waals surface area contributed by atoms with E-state index in [-0.39, 0.29) is 11.7 Å². The number of imidazole rings is 1. The first-order valence-electron chi connectivity index (χ1n) is 6.48. The predicted octanol–water partition coefficient (Wildman–Crippen LogP) is 3.37. The summed E-state index contributed by atoms with van der Waals surface area (Å²) >= 11 is 0. The zero-order valence-electron chi connectivity index (χ0n) is 11.7. The number of benzene rings is 1. The molecule has 2 rings (SSSR count). The number of fused-ring (bicyclic) bond motifs is 1. The zero-order chi connectivity index (χ0) is 14.9. The van der Waals surface area contributed by atoms with Crippen molar-refractivity contribution in [1.82, 2.24) is 9.55 Å². The molecule has 0 saturated carbocycles. The molecule has 1 aromatic carbocycles. The van der Waals surface area contributed by atoms with E-state index in [1.54, 1.807) is 25.2 Å². The van der Waals surface area contributed by atoms with E-state index in [0.29, 0.717) is 23.3 Å². The summed E-state index contributed by atoms with van der Waals surface area (Å²) < 4.78 is 27.6. The highest BCUT2D eigenvalue weighted by Gasteiger charge is 2.19. The molecular formula is C14H17F2N3O. The molecule has 0 unspecified atom stereocenters. The molecule has 0 atom stereocenters. The van der Waals surface area contributed by atoms with Gasteiger partial charge in [-0.1, -0.05) is 6.92 Å². The van der Waals surface area contributed by atoms with Gasteiger partial charge in [0.2, 0.25) is 5.91 Å². The fraction of sp³-hybridized carbons (Fsp3) is 0.429. The lowest BCUT2D eigenvalue weighted by Crippen LogP contribution is -2.22. The van der Waals surface area contributed by atoms with Crippen LogP contribution in [0.25, 0.3) is 11.0 Å². The van der Waals surface area contributed by atoms with Crippen molar-refractivity contribution in [2.24, 2.45) is 0 Å². The average Bonchev–Trinajstić information content (AvgIpc) is 2.76. The highest BCUT2D eigenvalue weighted by Crippen LogP contribution is 2.27. The van der Waals surface area contributed by atoms with Crippen molar-refractivity contribution in [1.29, 1.82) is 0 Å². The highest BCUT2D eigenvalue weighted by atomic mass is 19.3. The quantitative estimate of drug-likeness (QED) is 0.861. The van der Waals surface area contributed by atoms with Crippen LogP contribution in [-0.2, 0) is 11.3 Å². The van der Waals surface area contributed by atoms with E-state index < -0.39 is 6.43 Å². The van der Waals surface area contributed by atoms with Gasteiger partial charge in [-0.3, -0.25) is 4.79 Å². The van der Waals surface area contributed by atoms with Crippen LogP contribution in [0.1, 0.15) is 32.5 Å². The highest BCUT2D eigenvalue weighted by molar-refractivity contribution is 5.93. The first-order valence-corrected chi connectivity index (χ1v) is 6.48. The molecule has 0 N–H and O–H groups in total. The summed E-state index contributed by atoms with van der Waals surface area (Å²) in [5, 5.41) is 0. The van der Waals surface area contributed by atoms with E-state index in [9.17, 15) is 13.6 Å². The second-order valence-electron chi connectivity index (χ2n) is 4.67. The number of carbonyl (C=O) groups is 1. The molecule has 0 aliphatic heterocycles. The maximum Gasteiger partial charge on any atom is 0.295 e. The number of nitrogens with zero attached hydrogens (tertiary/aromatic N) is 3. The van der Waals surface area contributed by atoms with Crippen LogP contribution in [0, 0.1) is 0 Å². The van der Waals surface area contributed by atoms with Gasteiger partial charge in [0.05, 0.1) is 11.0 Å². The Morgan fingerprint density at radius 1 is 1.45 bits per heavy atom. The number of hydrogen-bond acceptors (Lipinski definition) is 2. The molecule has 2 aromatic rings. The van der Waals surface area contributed by atoms with E-state index in [0.717, 1.165) is 6.42 Å². The topological polar surface area (TPSA) is 38.1 Å². The molecule has 0 spiro atoms. The van der Waals surface area contributed by atoms with Gasteiger partial charge >= 0.3 is 0 Å². The monoisotopic (exact) mass is 281 g/mol. The summed E-state index contributed by atoms with van der Waals surface area (Å²) in [4.78, 5) is 16.8. The van der Waals surface area contributed by atoms with Crippen LogP contribution in [0.3, 0.4) is 0 Å². The molecule has 0 aliphatic rings. The third-order valence-corrected chi connectivity index (χ3v) is 3.26. The summed E-state index contributed by atoms with van der Waals surface area (Å²) in [6.07, 6.45) is -1.86. The fourth-order valence-electron chi connectivity index (χ4n) is 2.15. The van der Waals surface area contributed by atoms with Crippen molar-refractivity contribution in [3.8, 4) is 0 Å². The number of amides is 1. The molecule has 4 nitrogen and oxygen atoms in total. The van der Waals surface area contributed by atoms with Gasteiger partial charge in [-0.15, -0.1) is 0 Å². The average molecular weight is 281 g/mol. The van der Waals surface area contributed by atoms with Gasteiger partial charge in [-0.05, 0) is 24.6 Å². The lowest BCUT2D eigenvalue weighted by molar-refractivity contribution is -0.116. The Morgan fingerprint density at radius 2 is 2.15 bits per heavy atom. The molecule has 1 heterocycles. The molecule has 108 valence electrons. The maximum atomic E-state index is 13.0. The Kier molecular flexibility index (Phi) is 4.01. The van der Waals surface area contributed by atoms with Gasteiger partial charge in [0.15, 0.2) is 5.82 Å². The van der Waals surface area contributed by atoms with E-state index >= 15 is 0 Å². The van der Waals surface area contributed by atoms with Crippen molar-refractivity contribution in [3.63, 3.8) is 0 Å². The second-order valence-corrected chi connectivity index (χ2v) is 4.67. The number of alkyl halides is 2. The minimum atomic E-state index is -2.61. The molecule has 6 heteroatoms. The van der Waals surface area contributed by atoms with Crippen LogP contribution in [0.4, 0.5) is 14.5 Å². The van der Waals surface area contributed by atoms with Gasteiger partial charge in [0.25, 0.3) is 6.43 Å². The van der Waals surface area contributed by atoms with Gasteiger partial charge in [0, 0.05) is 26.2 Å². The Labute approximate surface area is 116 Å². The van der Waals surface area contributed by atoms with Gasteiger partial charge in [-0.2, -0.15) is 0 Å². The molecule has 0 bridgehead atoms. The minimum absolute atomic E-state index is 0.119.